The Balaban J connectivity index is 1.43. The number of allylic oxidation sites excluding steroid dienone is 1. The number of hydrogen-bond acceptors (Lipinski definition) is 6. The molecule has 1 atom stereocenters. The molecule has 4 rings (SSSR count). The van der Waals surface area contributed by atoms with E-state index >= 15 is 0 Å². The number of nitrogens with one attached hydrogen (secondary N) is 1. The van der Waals surface area contributed by atoms with E-state index in [9.17, 15) is 19.2 Å². The maximum atomic E-state index is 13.6. The molecule has 4 amide bonds. The van der Waals surface area contributed by atoms with Crippen molar-refractivity contribution in [1.29, 1.82) is 0 Å². The molecule has 35 heavy (non-hydrogen) atoms. The highest BCUT2D eigenvalue weighted by Crippen LogP contribution is 2.38. The topological polar surface area (TPSA) is 109 Å². The average Bonchev–Trinajstić information content (AvgIpc) is 3.06. The molecule has 3 aliphatic rings. The van der Waals surface area contributed by atoms with Crippen LogP contribution in [0.5, 0.6) is 0 Å². The molecule has 1 unspecified atom stereocenters. The van der Waals surface area contributed by atoms with Gasteiger partial charge >= 0.3 is 6.03 Å². The summed E-state index contributed by atoms with van der Waals surface area (Å²) in [4.78, 5) is 58.8. The van der Waals surface area contributed by atoms with Crippen molar-refractivity contribution in [2.45, 2.75) is 70.4 Å². The van der Waals surface area contributed by atoms with Gasteiger partial charge < -0.3 is 15.0 Å². The summed E-state index contributed by atoms with van der Waals surface area (Å²) in [5, 5.41) is 3.03. The lowest BCUT2D eigenvalue weighted by Gasteiger charge is -2.41. The van der Waals surface area contributed by atoms with Gasteiger partial charge in [0.25, 0.3) is 11.8 Å². The van der Waals surface area contributed by atoms with E-state index < -0.39 is 11.1 Å². The number of nitrogens with zero attached hydrogens (tertiary/aromatic N) is 3. The van der Waals surface area contributed by atoms with E-state index in [1.807, 2.05) is 25.1 Å². The van der Waals surface area contributed by atoms with Crippen LogP contribution in [-0.2, 0) is 25.5 Å². The highest BCUT2D eigenvalue weighted by atomic mass is 16.5. The van der Waals surface area contributed by atoms with Gasteiger partial charge in [0.05, 0.1) is 0 Å². The van der Waals surface area contributed by atoms with Crippen LogP contribution in [0.4, 0.5) is 4.79 Å². The Hall–Kier alpha value is -3.23. The van der Waals surface area contributed by atoms with E-state index in [0.717, 1.165) is 12.1 Å². The maximum absolute atomic E-state index is 13.6. The Labute approximate surface area is 205 Å². The first-order chi connectivity index (χ1) is 16.6. The molecule has 0 aromatic carbocycles. The molecule has 9 heteroatoms. The van der Waals surface area contributed by atoms with Crippen LogP contribution in [0.1, 0.15) is 58.6 Å². The second-order valence-electron chi connectivity index (χ2n) is 10.3. The number of amides is 4. The van der Waals surface area contributed by atoms with Gasteiger partial charge in [-0.05, 0) is 51.2 Å². The third kappa shape index (κ3) is 5.09. The van der Waals surface area contributed by atoms with Crippen LogP contribution >= 0.6 is 0 Å². The van der Waals surface area contributed by atoms with Crippen LogP contribution in [0.25, 0.3) is 0 Å². The molecule has 4 heterocycles. The van der Waals surface area contributed by atoms with Gasteiger partial charge in [-0.15, -0.1) is 0 Å². The lowest BCUT2D eigenvalue weighted by Crippen LogP contribution is -2.56. The smallest absolute Gasteiger partial charge is 0.325 e. The number of carbonyl (C=O) groups is 4. The predicted molar refractivity (Wildman–Crippen MR) is 128 cm³/mol. The molecule has 0 spiro atoms. The Morgan fingerprint density at radius 3 is 2.57 bits per heavy atom. The van der Waals surface area contributed by atoms with Gasteiger partial charge in [-0.25, -0.2) is 4.79 Å². The minimum Gasteiger partial charge on any atom is -0.481 e. The zero-order valence-corrected chi connectivity index (χ0v) is 20.7. The highest BCUT2D eigenvalue weighted by molar-refractivity contribution is 6.07. The number of urea groups is 1. The second kappa shape index (κ2) is 9.79. The van der Waals surface area contributed by atoms with Gasteiger partial charge in [0.2, 0.25) is 0 Å². The average molecular weight is 483 g/mol. The number of piperidine rings is 1. The number of ketones is 1. The summed E-state index contributed by atoms with van der Waals surface area (Å²) in [6, 6.07) is 5.23. The van der Waals surface area contributed by atoms with E-state index in [4.69, 9.17) is 4.74 Å². The fourth-order valence-electron chi connectivity index (χ4n) is 5.48. The van der Waals surface area contributed by atoms with Gasteiger partial charge in [-0.1, -0.05) is 19.4 Å². The van der Waals surface area contributed by atoms with Crippen molar-refractivity contribution >= 4 is 23.6 Å². The standard InChI is InChI=1S/C26H34N4O5/c1-4-11-26(23(33)30(24(34)28-26)15-10-19-7-5-6-12-27-19)18-8-13-29(14-9-18)22(32)21-16-20(31)17-25(2,3)35-21/h5-7,12,16,18H,4,8-11,13-15,17H2,1-3H3,(H,28,34). The fraction of sp³-hybridized carbons (Fsp3) is 0.577. The first-order valence-corrected chi connectivity index (χ1v) is 12.4. The number of carbonyl (C=O) groups excluding carboxylic acids is 4. The van der Waals surface area contributed by atoms with E-state index in [2.05, 4.69) is 10.3 Å². The zero-order valence-electron chi connectivity index (χ0n) is 20.7. The van der Waals surface area contributed by atoms with Crippen molar-refractivity contribution in [3.8, 4) is 0 Å². The molecule has 2 saturated heterocycles. The normalized spacial score (nSPS) is 24.8. The number of hydrogen-bond donors (Lipinski definition) is 1. The molecule has 0 radical (unpaired) electrons. The Morgan fingerprint density at radius 2 is 1.94 bits per heavy atom. The summed E-state index contributed by atoms with van der Waals surface area (Å²) >= 11 is 0. The summed E-state index contributed by atoms with van der Waals surface area (Å²) in [6.07, 6.45) is 6.18. The van der Waals surface area contributed by atoms with Crippen molar-refractivity contribution in [2.24, 2.45) is 5.92 Å². The van der Waals surface area contributed by atoms with Crippen molar-refractivity contribution in [3.63, 3.8) is 0 Å². The minimum absolute atomic E-state index is 0.0814. The van der Waals surface area contributed by atoms with E-state index in [1.165, 1.54) is 11.0 Å². The van der Waals surface area contributed by atoms with Crippen LogP contribution in [0.2, 0.25) is 0 Å². The number of rotatable bonds is 7. The van der Waals surface area contributed by atoms with Crippen molar-refractivity contribution < 1.29 is 23.9 Å². The minimum atomic E-state index is -0.955. The molecule has 1 N–H and O–H groups in total. The molecule has 188 valence electrons. The zero-order chi connectivity index (χ0) is 25.2. The number of likely N-dealkylation sites (tertiary alicyclic amines) is 1. The summed E-state index contributed by atoms with van der Waals surface area (Å²) in [5.74, 6) is -0.601. The fourth-order valence-corrected chi connectivity index (χ4v) is 5.48. The molecule has 3 aliphatic heterocycles. The van der Waals surface area contributed by atoms with Gasteiger partial charge in [-0.3, -0.25) is 24.3 Å². The summed E-state index contributed by atoms with van der Waals surface area (Å²) in [7, 11) is 0. The van der Waals surface area contributed by atoms with Crippen LogP contribution in [0.3, 0.4) is 0 Å². The lowest BCUT2D eigenvalue weighted by atomic mass is 9.74. The Morgan fingerprint density at radius 1 is 1.20 bits per heavy atom. The number of aromatic nitrogens is 1. The van der Waals surface area contributed by atoms with E-state index in [1.54, 1.807) is 24.9 Å². The molecule has 0 saturated carbocycles. The first-order valence-electron chi connectivity index (χ1n) is 12.4. The predicted octanol–water partition coefficient (Wildman–Crippen LogP) is 2.61. The third-order valence-corrected chi connectivity index (χ3v) is 7.13. The third-order valence-electron chi connectivity index (χ3n) is 7.13. The number of imide groups is 1. The lowest BCUT2D eigenvalue weighted by molar-refractivity contribution is -0.140. The van der Waals surface area contributed by atoms with Gasteiger partial charge in [0, 0.05) is 50.4 Å². The van der Waals surface area contributed by atoms with Crippen molar-refractivity contribution in [3.05, 3.63) is 41.9 Å². The quantitative estimate of drug-likeness (QED) is 0.599. The van der Waals surface area contributed by atoms with Crippen molar-refractivity contribution in [1.82, 2.24) is 20.1 Å². The molecule has 2 fully saturated rings. The maximum Gasteiger partial charge on any atom is 0.325 e. The van der Waals surface area contributed by atoms with E-state index in [-0.39, 0.29) is 48.3 Å². The van der Waals surface area contributed by atoms with Crippen LogP contribution in [0, 0.1) is 5.92 Å². The highest BCUT2D eigenvalue weighted by Gasteiger charge is 2.55. The first kappa shape index (κ1) is 24.9. The Bertz CT molecular complexity index is 1030. The molecule has 9 nitrogen and oxygen atoms in total. The monoisotopic (exact) mass is 482 g/mol. The van der Waals surface area contributed by atoms with Crippen LogP contribution in [0.15, 0.2) is 36.2 Å². The second-order valence-corrected chi connectivity index (χ2v) is 10.3. The molecule has 0 bridgehead atoms. The SMILES string of the molecule is CCCC1(C2CCN(C(=O)C3=CC(=O)CC(C)(C)O3)CC2)NC(=O)N(CCc2ccccn2)C1=O. The molecule has 1 aromatic heterocycles. The molecular formula is C26H34N4O5. The molecule has 0 aliphatic carbocycles. The number of ether oxygens (including phenoxy) is 1. The van der Waals surface area contributed by atoms with Crippen LogP contribution in [-0.4, -0.2) is 69.2 Å². The summed E-state index contributed by atoms with van der Waals surface area (Å²) < 4.78 is 5.78. The van der Waals surface area contributed by atoms with Crippen molar-refractivity contribution in [2.75, 3.05) is 19.6 Å². The number of pyridine rings is 1. The Kier molecular flexibility index (Phi) is 6.96. The van der Waals surface area contributed by atoms with Crippen LogP contribution < -0.4 is 5.32 Å². The summed E-state index contributed by atoms with van der Waals surface area (Å²) in [6.45, 7) is 6.73. The van der Waals surface area contributed by atoms with Gasteiger partial charge in [-0.2, -0.15) is 0 Å². The largest absolute Gasteiger partial charge is 0.481 e. The van der Waals surface area contributed by atoms with Gasteiger partial charge in [0.15, 0.2) is 11.5 Å². The van der Waals surface area contributed by atoms with E-state index in [0.29, 0.717) is 38.8 Å². The molecular weight excluding hydrogens is 448 g/mol. The summed E-state index contributed by atoms with van der Waals surface area (Å²) in [5.41, 5.74) is -0.836. The van der Waals surface area contributed by atoms with Gasteiger partial charge in [0.1, 0.15) is 11.1 Å². The molecule has 1 aromatic rings.